The van der Waals surface area contributed by atoms with E-state index in [1.54, 1.807) is 25.3 Å². The van der Waals surface area contributed by atoms with Crippen molar-refractivity contribution in [2.24, 2.45) is 0 Å². The highest BCUT2D eigenvalue weighted by Crippen LogP contribution is 2.23. The lowest BCUT2D eigenvalue weighted by Gasteiger charge is -2.12. The van der Waals surface area contributed by atoms with Crippen LogP contribution in [0.3, 0.4) is 0 Å². The third-order valence-corrected chi connectivity index (χ3v) is 3.85. The fraction of sp³-hybridized carbons (Fsp3) is 0.400. The van der Waals surface area contributed by atoms with Crippen LogP contribution in [0.5, 0.6) is 0 Å². The fourth-order valence-corrected chi connectivity index (χ4v) is 2.67. The van der Waals surface area contributed by atoms with E-state index in [1.165, 1.54) is 0 Å². The summed E-state index contributed by atoms with van der Waals surface area (Å²) in [5.74, 6) is 0. The van der Waals surface area contributed by atoms with Crippen LogP contribution in [0, 0.1) is 0 Å². The topological polar surface area (TPSA) is 52.3 Å². The summed E-state index contributed by atoms with van der Waals surface area (Å²) < 4.78 is 16.9. The lowest BCUT2D eigenvalue weighted by Crippen LogP contribution is -2.18. The molecule has 0 radical (unpaired) electrons. The van der Waals surface area contributed by atoms with Gasteiger partial charge in [0.25, 0.3) is 0 Å². The number of hydrogen-bond acceptors (Lipinski definition) is 3. The van der Waals surface area contributed by atoms with E-state index in [9.17, 15) is 4.21 Å². The van der Waals surface area contributed by atoms with Crippen LogP contribution in [0.2, 0.25) is 5.02 Å². The molecule has 3 nitrogen and oxygen atoms in total. The highest BCUT2D eigenvalue weighted by molar-refractivity contribution is 7.85. The molecule has 1 aromatic carbocycles. The van der Waals surface area contributed by atoms with Crippen molar-refractivity contribution in [1.29, 1.82) is 0 Å². The molecule has 84 valence electrons. The molecular weight excluding hydrogens is 234 g/mol. The van der Waals surface area contributed by atoms with Crippen LogP contribution in [-0.4, -0.2) is 23.2 Å². The third kappa shape index (κ3) is 3.19. The molecule has 0 saturated carbocycles. The minimum atomic E-state index is -1.18. The van der Waals surface area contributed by atoms with Gasteiger partial charge in [0.05, 0.1) is 27.6 Å². The molecule has 15 heavy (non-hydrogen) atoms. The number of rotatable bonds is 4. The van der Waals surface area contributed by atoms with Crippen LogP contribution in [0.25, 0.3) is 0 Å². The van der Waals surface area contributed by atoms with E-state index in [-0.39, 0.29) is 5.25 Å². The first-order valence-electron chi connectivity index (χ1n) is 4.50. The molecule has 2 atom stereocenters. The van der Waals surface area contributed by atoms with Gasteiger partial charge in [-0.1, -0.05) is 11.6 Å². The predicted octanol–water partition coefficient (Wildman–Crippen LogP) is 2.06. The SMILES string of the molecule is COCC(C)S(=O)c1cc(Cl)ccc1N. The van der Waals surface area contributed by atoms with Crippen LogP contribution in [0.1, 0.15) is 6.92 Å². The number of methoxy groups -OCH3 is 1. The van der Waals surface area contributed by atoms with E-state index in [1.807, 2.05) is 6.92 Å². The lowest BCUT2D eigenvalue weighted by atomic mass is 10.3. The molecule has 0 heterocycles. The van der Waals surface area contributed by atoms with Crippen LogP contribution < -0.4 is 5.73 Å². The molecule has 0 saturated heterocycles. The van der Waals surface area contributed by atoms with Gasteiger partial charge in [-0.3, -0.25) is 4.21 Å². The van der Waals surface area contributed by atoms with Crippen molar-refractivity contribution in [3.63, 3.8) is 0 Å². The van der Waals surface area contributed by atoms with Gasteiger partial charge in [-0.15, -0.1) is 0 Å². The molecule has 5 heteroatoms. The Kier molecular flexibility index (Phi) is 4.57. The smallest absolute Gasteiger partial charge is 0.0635 e. The molecule has 0 fully saturated rings. The number of anilines is 1. The lowest BCUT2D eigenvalue weighted by molar-refractivity contribution is 0.202. The van der Waals surface area contributed by atoms with Crippen LogP contribution >= 0.6 is 11.6 Å². The fourth-order valence-electron chi connectivity index (χ4n) is 1.20. The van der Waals surface area contributed by atoms with Gasteiger partial charge in [-0.05, 0) is 25.1 Å². The van der Waals surface area contributed by atoms with Gasteiger partial charge < -0.3 is 10.5 Å². The van der Waals surface area contributed by atoms with Crippen molar-refractivity contribution in [1.82, 2.24) is 0 Å². The quantitative estimate of drug-likeness (QED) is 0.829. The first-order valence-corrected chi connectivity index (χ1v) is 6.10. The molecule has 0 bridgehead atoms. The van der Waals surface area contributed by atoms with Gasteiger partial charge >= 0.3 is 0 Å². The van der Waals surface area contributed by atoms with Crippen molar-refractivity contribution in [3.05, 3.63) is 23.2 Å². The van der Waals surface area contributed by atoms with E-state index < -0.39 is 10.8 Å². The summed E-state index contributed by atoms with van der Waals surface area (Å²) in [5, 5.41) is 0.438. The van der Waals surface area contributed by atoms with Crippen LogP contribution in [0.15, 0.2) is 23.1 Å². The number of halogens is 1. The summed E-state index contributed by atoms with van der Waals surface area (Å²) in [6.45, 7) is 2.28. The maximum Gasteiger partial charge on any atom is 0.0635 e. The Labute approximate surface area is 97.0 Å². The van der Waals surface area contributed by atoms with Gasteiger partial charge in [0, 0.05) is 17.8 Å². The van der Waals surface area contributed by atoms with Crippen molar-refractivity contribution < 1.29 is 8.95 Å². The molecule has 0 aliphatic heterocycles. The largest absolute Gasteiger partial charge is 0.398 e. The predicted molar refractivity (Wildman–Crippen MR) is 63.6 cm³/mol. The Bertz CT molecular complexity index is 370. The zero-order valence-electron chi connectivity index (χ0n) is 8.70. The first kappa shape index (κ1) is 12.5. The molecule has 1 rings (SSSR count). The Balaban J connectivity index is 2.95. The van der Waals surface area contributed by atoms with Gasteiger partial charge in [0.1, 0.15) is 0 Å². The maximum atomic E-state index is 12.0. The Hall–Kier alpha value is -0.580. The highest BCUT2D eigenvalue weighted by Gasteiger charge is 2.15. The number of ether oxygens (including phenoxy) is 1. The minimum absolute atomic E-state index is 0.101. The molecular formula is C10H14ClNO2S. The van der Waals surface area contributed by atoms with Crippen molar-refractivity contribution in [2.75, 3.05) is 19.5 Å². The number of benzene rings is 1. The molecule has 0 aliphatic rings. The van der Waals surface area contributed by atoms with Crippen molar-refractivity contribution in [3.8, 4) is 0 Å². The Morgan fingerprint density at radius 2 is 2.27 bits per heavy atom. The summed E-state index contributed by atoms with van der Waals surface area (Å²) in [6, 6.07) is 4.98. The molecule has 2 unspecified atom stereocenters. The molecule has 0 aromatic heterocycles. The third-order valence-electron chi connectivity index (χ3n) is 1.96. The average Bonchev–Trinajstić information content (AvgIpc) is 2.21. The molecule has 1 aromatic rings. The average molecular weight is 248 g/mol. The second-order valence-corrected chi connectivity index (χ2v) is 5.52. The zero-order chi connectivity index (χ0) is 11.4. The Morgan fingerprint density at radius 3 is 2.87 bits per heavy atom. The highest BCUT2D eigenvalue weighted by atomic mass is 35.5. The second-order valence-electron chi connectivity index (χ2n) is 3.25. The monoisotopic (exact) mass is 247 g/mol. The van der Waals surface area contributed by atoms with E-state index in [2.05, 4.69) is 0 Å². The zero-order valence-corrected chi connectivity index (χ0v) is 10.3. The maximum absolute atomic E-state index is 12.0. The number of nitrogen functional groups attached to an aromatic ring is 1. The van der Waals surface area contributed by atoms with E-state index in [4.69, 9.17) is 22.1 Å². The van der Waals surface area contributed by atoms with Crippen molar-refractivity contribution in [2.45, 2.75) is 17.1 Å². The number of hydrogen-bond donors (Lipinski definition) is 1. The van der Waals surface area contributed by atoms with Gasteiger partial charge in [0.2, 0.25) is 0 Å². The molecule has 0 aliphatic carbocycles. The van der Waals surface area contributed by atoms with Gasteiger partial charge in [-0.25, -0.2) is 0 Å². The standard InChI is InChI=1S/C10H14ClNO2S/c1-7(6-14-2)15(13)10-5-8(11)3-4-9(10)12/h3-5,7H,6,12H2,1-2H3. The summed E-state index contributed by atoms with van der Waals surface area (Å²) in [6.07, 6.45) is 0. The molecule has 2 N–H and O–H groups in total. The molecule has 0 spiro atoms. The second kappa shape index (κ2) is 5.49. The van der Waals surface area contributed by atoms with Crippen LogP contribution in [0.4, 0.5) is 5.69 Å². The summed E-state index contributed by atoms with van der Waals surface area (Å²) in [4.78, 5) is 0.576. The van der Waals surface area contributed by atoms with Crippen molar-refractivity contribution >= 4 is 28.1 Å². The summed E-state index contributed by atoms with van der Waals surface area (Å²) in [5.41, 5.74) is 6.23. The van der Waals surface area contributed by atoms with Gasteiger partial charge in [-0.2, -0.15) is 0 Å². The van der Waals surface area contributed by atoms with E-state index >= 15 is 0 Å². The van der Waals surface area contributed by atoms with E-state index in [0.29, 0.717) is 22.2 Å². The Morgan fingerprint density at radius 1 is 1.60 bits per heavy atom. The number of nitrogens with two attached hydrogens (primary N) is 1. The normalized spacial score (nSPS) is 14.9. The molecule has 0 amide bonds. The summed E-state index contributed by atoms with van der Waals surface area (Å²) >= 11 is 5.82. The summed E-state index contributed by atoms with van der Waals surface area (Å²) in [7, 11) is 0.394. The van der Waals surface area contributed by atoms with Gasteiger partial charge in [0.15, 0.2) is 0 Å². The minimum Gasteiger partial charge on any atom is -0.398 e. The first-order chi connectivity index (χ1) is 7.06. The van der Waals surface area contributed by atoms with Crippen LogP contribution in [-0.2, 0) is 15.5 Å². The van der Waals surface area contributed by atoms with E-state index in [0.717, 1.165) is 0 Å².